The summed E-state index contributed by atoms with van der Waals surface area (Å²) in [6, 6.07) is 15.5. The van der Waals surface area contributed by atoms with Crippen molar-refractivity contribution in [2.45, 2.75) is 51.1 Å². The third kappa shape index (κ3) is 6.08. The molecule has 7 heteroatoms. The summed E-state index contributed by atoms with van der Waals surface area (Å²) in [6.07, 6.45) is 4.53. The van der Waals surface area contributed by atoms with Crippen molar-refractivity contribution in [3.8, 4) is 16.9 Å². The predicted molar refractivity (Wildman–Crippen MR) is 124 cm³/mol. The molecular weight excluding hydrogens is 412 g/mol. The van der Waals surface area contributed by atoms with E-state index in [9.17, 15) is 13.2 Å². The lowest BCUT2D eigenvalue weighted by Gasteiger charge is -2.41. The predicted octanol–water partition coefficient (Wildman–Crippen LogP) is 3.61. The SMILES string of the molecule is CCCC(=O)N1CCCC(NS(C)(=O)=O)C1Cc1cccc(-c2ccccc2OC)c1. The van der Waals surface area contributed by atoms with Crippen molar-refractivity contribution in [2.24, 2.45) is 0 Å². The molecule has 6 nitrogen and oxygen atoms in total. The van der Waals surface area contributed by atoms with Gasteiger partial charge in [-0.3, -0.25) is 4.79 Å². The molecule has 1 aliphatic heterocycles. The molecule has 1 saturated heterocycles. The highest BCUT2D eigenvalue weighted by atomic mass is 32.2. The molecule has 31 heavy (non-hydrogen) atoms. The molecule has 2 atom stereocenters. The fourth-order valence-electron chi connectivity index (χ4n) is 4.38. The highest BCUT2D eigenvalue weighted by Crippen LogP contribution is 2.31. The zero-order chi connectivity index (χ0) is 22.4. The molecule has 168 valence electrons. The summed E-state index contributed by atoms with van der Waals surface area (Å²) in [6.45, 7) is 2.65. The summed E-state index contributed by atoms with van der Waals surface area (Å²) in [5, 5.41) is 0. The number of carbonyl (C=O) groups is 1. The van der Waals surface area contributed by atoms with E-state index in [0.29, 0.717) is 19.4 Å². The number of amides is 1. The summed E-state index contributed by atoms with van der Waals surface area (Å²) in [5.41, 5.74) is 3.09. The van der Waals surface area contributed by atoms with Gasteiger partial charge in [-0.2, -0.15) is 0 Å². The molecule has 1 amide bonds. The first-order valence-electron chi connectivity index (χ1n) is 10.8. The van der Waals surface area contributed by atoms with Crippen LogP contribution in [0.25, 0.3) is 11.1 Å². The molecule has 0 saturated carbocycles. The van der Waals surface area contributed by atoms with Gasteiger partial charge < -0.3 is 9.64 Å². The van der Waals surface area contributed by atoms with Crippen LogP contribution in [0.5, 0.6) is 5.75 Å². The Balaban J connectivity index is 1.92. The van der Waals surface area contributed by atoms with E-state index >= 15 is 0 Å². The van der Waals surface area contributed by atoms with E-state index in [0.717, 1.165) is 41.7 Å². The van der Waals surface area contributed by atoms with Gasteiger partial charge in [0.05, 0.1) is 19.4 Å². The Kier molecular flexibility index (Phi) is 7.73. The van der Waals surface area contributed by atoms with E-state index < -0.39 is 10.0 Å². The van der Waals surface area contributed by atoms with E-state index in [2.05, 4.69) is 10.8 Å². The molecule has 1 N–H and O–H groups in total. The molecule has 1 aliphatic rings. The Labute approximate surface area is 185 Å². The van der Waals surface area contributed by atoms with Gasteiger partial charge in [0.2, 0.25) is 15.9 Å². The zero-order valence-electron chi connectivity index (χ0n) is 18.5. The minimum Gasteiger partial charge on any atom is -0.496 e. The van der Waals surface area contributed by atoms with Crippen LogP contribution in [0.2, 0.25) is 0 Å². The van der Waals surface area contributed by atoms with Crippen LogP contribution in [0.3, 0.4) is 0 Å². The number of piperidine rings is 1. The second-order valence-electron chi connectivity index (χ2n) is 8.15. The van der Waals surface area contributed by atoms with Gasteiger partial charge >= 0.3 is 0 Å². The monoisotopic (exact) mass is 444 g/mol. The molecule has 1 heterocycles. The van der Waals surface area contributed by atoms with Crippen LogP contribution in [-0.4, -0.2) is 51.2 Å². The first kappa shape index (κ1) is 23.3. The summed E-state index contributed by atoms with van der Waals surface area (Å²) in [7, 11) is -1.72. The van der Waals surface area contributed by atoms with Crippen LogP contribution < -0.4 is 9.46 Å². The van der Waals surface area contributed by atoms with Crippen LogP contribution in [0.4, 0.5) is 0 Å². The number of ether oxygens (including phenoxy) is 1. The van der Waals surface area contributed by atoms with Gasteiger partial charge in [0.1, 0.15) is 5.75 Å². The molecule has 0 bridgehead atoms. The van der Waals surface area contributed by atoms with Gasteiger partial charge in [-0.15, -0.1) is 0 Å². The third-order valence-electron chi connectivity index (χ3n) is 5.72. The minimum atomic E-state index is -3.38. The summed E-state index contributed by atoms with van der Waals surface area (Å²) in [4.78, 5) is 14.7. The number of hydrogen-bond donors (Lipinski definition) is 1. The lowest BCUT2D eigenvalue weighted by molar-refractivity contribution is -0.135. The standard InChI is InChI=1S/C24H32N2O4S/c1-4-9-24(27)26-15-8-13-21(25-31(3,28)29)22(26)17-18-10-7-11-19(16-18)20-12-5-6-14-23(20)30-2/h5-7,10-12,14,16,21-22,25H,4,8-9,13,15,17H2,1-3H3. The topological polar surface area (TPSA) is 75.7 Å². The third-order valence-corrected chi connectivity index (χ3v) is 6.45. The maximum Gasteiger partial charge on any atom is 0.222 e. The normalized spacial score (nSPS) is 19.3. The van der Waals surface area contributed by atoms with Gasteiger partial charge in [-0.1, -0.05) is 49.4 Å². The highest BCUT2D eigenvalue weighted by molar-refractivity contribution is 7.88. The number of rotatable bonds is 8. The van der Waals surface area contributed by atoms with Crippen LogP contribution in [0, 0.1) is 0 Å². The van der Waals surface area contributed by atoms with Crippen molar-refractivity contribution in [3.63, 3.8) is 0 Å². The molecule has 0 aromatic heterocycles. The van der Waals surface area contributed by atoms with E-state index in [1.807, 2.05) is 54.3 Å². The second-order valence-corrected chi connectivity index (χ2v) is 9.93. The van der Waals surface area contributed by atoms with Crippen molar-refractivity contribution in [2.75, 3.05) is 19.9 Å². The van der Waals surface area contributed by atoms with Crippen molar-refractivity contribution in [1.82, 2.24) is 9.62 Å². The van der Waals surface area contributed by atoms with Crippen molar-refractivity contribution in [1.29, 1.82) is 0 Å². The Hall–Kier alpha value is -2.38. The lowest BCUT2D eigenvalue weighted by Crippen LogP contribution is -2.57. The molecule has 1 fully saturated rings. The average Bonchev–Trinajstić information content (AvgIpc) is 2.74. The number of hydrogen-bond acceptors (Lipinski definition) is 4. The van der Waals surface area contributed by atoms with Crippen molar-refractivity contribution >= 4 is 15.9 Å². The summed E-state index contributed by atoms with van der Waals surface area (Å²) in [5.74, 6) is 0.891. The minimum absolute atomic E-state index is 0.0911. The number of sulfonamides is 1. The maximum absolute atomic E-state index is 12.8. The number of benzene rings is 2. The molecule has 2 aromatic rings. The number of nitrogens with zero attached hydrogens (tertiary/aromatic N) is 1. The van der Waals surface area contributed by atoms with Crippen LogP contribution in [-0.2, 0) is 21.2 Å². The van der Waals surface area contributed by atoms with Crippen molar-refractivity contribution < 1.29 is 17.9 Å². The van der Waals surface area contributed by atoms with Gasteiger partial charge in [0.15, 0.2) is 0 Å². The van der Waals surface area contributed by atoms with E-state index in [4.69, 9.17) is 4.74 Å². The molecular formula is C24H32N2O4S. The second kappa shape index (κ2) is 10.3. The van der Waals surface area contributed by atoms with Crippen LogP contribution >= 0.6 is 0 Å². The summed E-state index contributed by atoms with van der Waals surface area (Å²) < 4.78 is 32.2. The Morgan fingerprint density at radius 3 is 2.68 bits per heavy atom. The van der Waals surface area contributed by atoms with E-state index in [-0.39, 0.29) is 18.0 Å². The van der Waals surface area contributed by atoms with Crippen LogP contribution in [0.15, 0.2) is 48.5 Å². The van der Waals surface area contributed by atoms with Gasteiger partial charge in [-0.05, 0) is 42.9 Å². The number of methoxy groups -OCH3 is 1. The van der Waals surface area contributed by atoms with Gasteiger partial charge in [0, 0.05) is 24.6 Å². The molecule has 2 unspecified atom stereocenters. The highest BCUT2D eigenvalue weighted by Gasteiger charge is 2.35. The largest absolute Gasteiger partial charge is 0.496 e. The zero-order valence-corrected chi connectivity index (χ0v) is 19.3. The molecule has 0 spiro atoms. The average molecular weight is 445 g/mol. The number of carbonyl (C=O) groups excluding carboxylic acids is 1. The fraction of sp³-hybridized carbons (Fsp3) is 0.458. The first-order valence-corrected chi connectivity index (χ1v) is 12.7. The summed E-state index contributed by atoms with van der Waals surface area (Å²) >= 11 is 0. The van der Waals surface area contributed by atoms with Crippen molar-refractivity contribution in [3.05, 3.63) is 54.1 Å². The van der Waals surface area contributed by atoms with E-state index in [1.54, 1.807) is 7.11 Å². The number of nitrogens with one attached hydrogen (secondary N) is 1. The Morgan fingerprint density at radius 2 is 1.97 bits per heavy atom. The number of para-hydroxylation sites is 1. The van der Waals surface area contributed by atoms with Crippen LogP contribution in [0.1, 0.15) is 38.2 Å². The number of likely N-dealkylation sites (tertiary alicyclic amines) is 1. The Bertz CT molecular complexity index is 1010. The molecule has 2 aromatic carbocycles. The molecule has 0 radical (unpaired) electrons. The Morgan fingerprint density at radius 1 is 1.19 bits per heavy atom. The molecule has 0 aliphatic carbocycles. The van der Waals surface area contributed by atoms with E-state index in [1.165, 1.54) is 6.26 Å². The lowest BCUT2D eigenvalue weighted by atomic mass is 9.90. The smallest absolute Gasteiger partial charge is 0.222 e. The quantitative estimate of drug-likeness (QED) is 0.675. The first-order chi connectivity index (χ1) is 14.8. The maximum atomic E-state index is 12.8. The fourth-order valence-corrected chi connectivity index (χ4v) is 5.20. The van der Waals surface area contributed by atoms with Gasteiger partial charge in [-0.25, -0.2) is 13.1 Å². The molecule has 3 rings (SSSR count). The van der Waals surface area contributed by atoms with Gasteiger partial charge in [0.25, 0.3) is 0 Å².